The number of ether oxygens (including phenoxy) is 1. The molecular weight excluding hydrogens is 314 g/mol. The zero-order valence-electron chi connectivity index (χ0n) is 14.0. The third kappa shape index (κ3) is 2.80. The molecular formula is C21H19NO3. The van der Waals surface area contributed by atoms with E-state index in [-0.39, 0.29) is 11.3 Å². The van der Waals surface area contributed by atoms with Gasteiger partial charge in [-0.25, -0.2) is 0 Å². The lowest BCUT2D eigenvalue weighted by Crippen LogP contribution is -2.26. The number of pyridine rings is 1. The topological polar surface area (TPSA) is 51.5 Å². The van der Waals surface area contributed by atoms with E-state index >= 15 is 0 Å². The highest BCUT2D eigenvalue weighted by Crippen LogP contribution is 2.35. The van der Waals surface area contributed by atoms with Crippen LogP contribution in [0.2, 0.25) is 0 Å². The summed E-state index contributed by atoms with van der Waals surface area (Å²) in [5, 5.41) is 10.0. The van der Waals surface area contributed by atoms with Crippen molar-refractivity contribution in [3.8, 4) is 22.8 Å². The maximum Gasteiger partial charge on any atom is 0.254 e. The quantitative estimate of drug-likeness (QED) is 0.796. The fourth-order valence-corrected chi connectivity index (χ4v) is 3.38. The van der Waals surface area contributed by atoms with Gasteiger partial charge in [-0.3, -0.25) is 4.79 Å². The number of aryl methyl sites for hydroxylation is 1. The molecule has 0 saturated heterocycles. The zero-order valence-corrected chi connectivity index (χ0v) is 14.0. The van der Waals surface area contributed by atoms with Crippen LogP contribution in [0, 0.1) is 6.92 Å². The molecule has 1 aliphatic heterocycles. The Balaban J connectivity index is 1.68. The molecule has 0 unspecified atom stereocenters. The number of hydrogen-bond donors (Lipinski definition) is 1. The van der Waals surface area contributed by atoms with Crippen LogP contribution in [0.3, 0.4) is 0 Å². The molecule has 4 nitrogen and oxygen atoms in total. The van der Waals surface area contributed by atoms with E-state index in [9.17, 15) is 9.90 Å². The first kappa shape index (κ1) is 15.5. The highest BCUT2D eigenvalue weighted by atomic mass is 16.5. The monoisotopic (exact) mass is 333 g/mol. The third-order valence-electron chi connectivity index (χ3n) is 4.72. The lowest BCUT2D eigenvalue weighted by molar-refractivity contribution is 0.306. The van der Waals surface area contributed by atoms with Crippen molar-refractivity contribution in [1.82, 2.24) is 4.57 Å². The molecule has 126 valence electrons. The molecule has 1 aliphatic rings. The van der Waals surface area contributed by atoms with Gasteiger partial charge in [-0.15, -0.1) is 0 Å². The van der Waals surface area contributed by atoms with Crippen LogP contribution in [-0.2, 0) is 19.6 Å². The van der Waals surface area contributed by atoms with E-state index in [2.05, 4.69) is 0 Å². The first-order valence-electron chi connectivity index (χ1n) is 8.37. The highest BCUT2D eigenvalue weighted by molar-refractivity contribution is 5.71. The van der Waals surface area contributed by atoms with Crippen LogP contribution in [0.4, 0.5) is 0 Å². The number of hydrogen-bond acceptors (Lipinski definition) is 3. The second-order valence-corrected chi connectivity index (χ2v) is 6.34. The van der Waals surface area contributed by atoms with E-state index in [1.165, 1.54) is 6.07 Å². The Morgan fingerprint density at radius 2 is 1.92 bits per heavy atom. The van der Waals surface area contributed by atoms with Crippen molar-refractivity contribution < 1.29 is 9.84 Å². The first-order valence-corrected chi connectivity index (χ1v) is 8.37. The largest absolute Gasteiger partial charge is 0.507 e. The van der Waals surface area contributed by atoms with Crippen molar-refractivity contribution in [2.45, 2.75) is 26.5 Å². The average molecular weight is 333 g/mol. The van der Waals surface area contributed by atoms with Crippen LogP contribution in [0.25, 0.3) is 11.3 Å². The van der Waals surface area contributed by atoms with E-state index in [0.717, 1.165) is 40.1 Å². The summed E-state index contributed by atoms with van der Waals surface area (Å²) in [6, 6.07) is 17.3. The summed E-state index contributed by atoms with van der Waals surface area (Å²) >= 11 is 0. The normalized spacial score (nSPS) is 12.4. The fourth-order valence-electron chi connectivity index (χ4n) is 3.38. The molecule has 25 heavy (non-hydrogen) atoms. The Kier molecular flexibility index (Phi) is 3.80. The van der Waals surface area contributed by atoms with Crippen LogP contribution >= 0.6 is 0 Å². The lowest BCUT2D eigenvalue weighted by atomic mass is 9.94. The van der Waals surface area contributed by atoms with Gasteiger partial charge in [-0.05, 0) is 42.7 Å². The Morgan fingerprint density at radius 3 is 2.72 bits per heavy atom. The summed E-state index contributed by atoms with van der Waals surface area (Å²) in [4.78, 5) is 12.2. The predicted molar refractivity (Wildman–Crippen MR) is 97.0 cm³/mol. The smallest absolute Gasteiger partial charge is 0.254 e. The molecule has 0 aliphatic carbocycles. The maximum atomic E-state index is 12.2. The molecule has 0 saturated carbocycles. The van der Waals surface area contributed by atoms with E-state index in [4.69, 9.17) is 4.74 Å². The summed E-state index contributed by atoms with van der Waals surface area (Å²) in [7, 11) is 0. The number of rotatable bonds is 3. The molecule has 4 rings (SSSR count). The van der Waals surface area contributed by atoms with Gasteiger partial charge in [-0.1, -0.05) is 30.3 Å². The molecule has 0 spiro atoms. The molecule has 2 aromatic carbocycles. The molecule has 1 aromatic heterocycles. The van der Waals surface area contributed by atoms with E-state index in [1.54, 1.807) is 4.57 Å². The van der Waals surface area contributed by atoms with Crippen molar-refractivity contribution in [2.75, 3.05) is 0 Å². The Bertz CT molecular complexity index is 990. The van der Waals surface area contributed by atoms with Gasteiger partial charge in [0.1, 0.15) is 18.1 Å². The van der Waals surface area contributed by atoms with Crippen LogP contribution in [-0.4, -0.2) is 9.67 Å². The molecule has 3 aromatic rings. The van der Waals surface area contributed by atoms with Gasteiger partial charge in [0.15, 0.2) is 0 Å². The Morgan fingerprint density at radius 1 is 1.12 bits per heavy atom. The van der Waals surface area contributed by atoms with Gasteiger partial charge in [0.25, 0.3) is 5.56 Å². The van der Waals surface area contributed by atoms with Crippen molar-refractivity contribution >= 4 is 0 Å². The lowest BCUT2D eigenvalue weighted by Gasteiger charge is -2.24. The zero-order chi connectivity index (χ0) is 17.4. The molecule has 0 fully saturated rings. The first-order chi connectivity index (χ1) is 12.1. The molecule has 0 bridgehead atoms. The van der Waals surface area contributed by atoms with Crippen LogP contribution in [0.5, 0.6) is 11.5 Å². The Labute approximate surface area is 145 Å². The highest BCUT2D eigenvalue weighted by Gasteiger charge is 2.21. The molecule has 4 heteroatoms. The predicted octanol–water partition coefficient (Wildman–Crippen LogP) is 3.66. The standard InChI is InChI=1S/C21H19NO3/c1-14-19(23)12-20(24)22-10-9-16-11-17(7-8-18(16)21(14)22)25-13-15-5-3-2-4-6-15/h2-8,11-12,23H,9-10,13H2,1H3. The summed E-state index contributed by atoms with van der Waals surface area (Å²) in [5.74, 6) is 0.865. The van der Waals surface area contributed by atoms with Crippen molar-refractivity contribution in [3.05, 3.63) is 81.6 Å². The molecule has 0 atom stereocenters. The van der Waals surface area contributed by atoms with E-state index < -0.39 is 0 Å². The van der Waals surface area contributed by atoms with E-state index in [1.807, 2.05) is 55.5 Å². The summed E-state index contributed by atoms with van der Waals surface area (Å²) in [5.41, 5.74) is 4.63. The molecule has 0 amide bonds. The summed E-state index contributed by atoms with van der Waals surface area (Å²) in [6.07, 6.45) is 0.773. The van der Waals surface area contributed by atoms with E-state index in [0.29, 0.717) is 13.2 Å². The van der Waals surface area contributed by atoms with Gasteiger partial charge in [-0.2, -0.15) is 0 Å². The maximum absolute atomic E-state index is 12.2. The second kappa shape index (κ2) is 6.13. The average Bonchev–Trinajstić information content (AvgIpc) is 2.64. The number of nitrogens with zero attached hydrogens (tertiary/aromatic N) is 1. The van der Waals surface area contributed by atoms with Gasteiger partial charge in [0, 0.05) is 23.7 Å². The fraction of sp³-hybridized carbons (Fsp3) is 0.190. The molecule has 1 N–H and O–H groups in total. The van der Waals surface area contributed by atoms with Gasteiger partial charge in [0.05, 0.1) is 5.69 Å². The minimum absolute atomic E-state index is 0.0495. The van der Waals surface area contributed by atoms with Crippen molar-refractivity contribution in [2.24, 2.45) is 0 Å². The third-order valence-corrected chi connectivity index (χ3v) is 4.72. The Hall–Kier alpha value is -3.01. The van der Waals surface area contributed by atoms with Crippen molar-refractivity contribution in [3.63, 3.8) is 0 Å². The summed E-state index contributed by atoms with van der Waals surface area (Å²) < 4.78 is 7.64. The van der Waals surface area contributed by atoms with Crippen LogP contribution in [0.15, 0.2) is 59.4 Å². The number of benzene rings is 2. The number of aromatic nitrogens is 1. The number of fused-ring (bicyclic) bond motifs is 3. The van der Waals surface area contributed by atoms with Gasteiger partial charge in [0.2, 0.25) is 0 Å². The SMILES string of the molecule is Cc1c(O)cc(=O)n2c1-c1ccc(OCc3ccccc3)cc1CC2. The van der Waals surface area contributed by atoms with Crippen LogP contribution < -0.4 is 10.3 Å². The van der Waals surface area contributed by atoms with Crippen molar-refractivity contribution in [1.29, 1.82) is 0 Å². The second-order valence-electron chi connectivity index (χ2n) is 6.34. The van der Waals surface area contributed by atoms with Gasteiger partial charge >= 0.3 is 0 Å². The van der Waals surface area contributed by atoms with Gasteiger partial charge < -0.3 is 14.4 Å². The van der Waals surface area contributed by atoms with Crippen LogP contribution in [0.1, 0.15) is 16.7 Å². The summed E-state index contributed by atoms with van der Waals surface area (Å²) in [6.45, 7) is 2.98. The minimum atomic E-state index is -0.159. The minimum Gasteiger partial charge on any atom is -0.507 e. The molecule has 0 radical (unpaired) electrons. The molecule has 2 heterocycles. The number of aromatic hydroxyl groups is 1.